The zero-order chi connectivity index (χ0) is 16.4. The van der Waals surface area contributed by atoms with Gasteiger partial charge in [0.2, 0.25) is 5.43 Å². The second-order valence-electron chi connectivity index (χ2n) is 4.67. The van der Waals surface area contributed by atoms with E-state index >= 15 is 0 Å². The molecule has 0 bridgehead atoms. The quantitative estimate of drug-likeness (QED) is 0.816. The molecule has 2 rings (SSSR count). The molecule has 118 valence electrons. The molecule has 4 nitrogen and oxygen atoms in total. The smallest absolute Gasteiger partial charge is 0.343 e. The lowest BCUT2D eigenvalue weighted by Crippen LogP contribution is -2.22. The minimum Gasteiger partial charge on any atom is -0.462 e. The molecule has 0 unspecified atom stereocenters. The van der Waals surface area contributed by atoms with Crippen molar-refractivity contribution in [2.24, 2.45) is 0 Å². The van der Waals surface area contributed by atoms with Crippen LogP contribution in [0.2, 0.25) is 0 Å². The topological polar surface area (TPSA) is 48.3 Å². The van der Waals surface area contributed by atoms with Gasteiger partial charge in [0.1, 0.15) is 18.1 Å². The van der Waals surface area contributed by atoms with E-state index in [9.17, 15) is 22.8 Å². The fraction of sp³-hybridized carbons (Fsp3) is 0.333. The first kappa shape index (κ1) is 16.1. The highest BCUT2D eigenvalue weighted by Gasteiger charge is 2.21. The van der Waals surface area contributed by atoms with Gasteiger partial charge in [0.25, 0.3) is 0 Å². The van der Waals surface area contributed by atoms with Crippen LogP contribution >= 0.6 is 0 Å². The SMILES string of the molecule is CCOC(=O)c1cn(CCF)c2c(F)c(C)c(F)cc2c1=O. The molecule has 0 N–H and O–H groups in total. The molecule has 0 atom stereocenters. The van der Waals surface area contributed by atoms with Crippen LogP contribution in [0.1, 0.15) is 22.8 Å². The number of ether oxygens (including phenoxy) is 1. The van der Waals surface area contributed by atoms with Gasteiger partial charge in [-0.25, -0.2) is 18.0 Å². The number of benzene rings is 1. The lowest BCUT2D eigenvalue weighted by Gasteiger charge is -2.14. The Morgan fingerprint density at radius 3 is 2.64 bits per heavy atom. The van der Waals surface area contributed by atoms with Crippen molar-refractivity contribution in [2.45, 2.75) is 20.4 Å². The summed E-state index contributed by atoms with van der Waals surface area (Å²) in [5.41, 5.74) is -1.73. The van der Waals surface area contributed by atoms with Crippen molar-refractivity contribution >= 4 is 16.9 Å². The Kier molecular flexibility index (Phi) is 4.54. The molecule has 0 saturated carbocycles. The predicted molar refractivity (Wildman–Crippen MR) is 74.8 cm³/mol. The summed E-state index contributed by atoms with van der Waals surface area (Å²) in [6.07, 6.45) is 1.04. The molecule has 1 aromatic carbocycles. The molecule has 0 radical (unpaired) electrons. The van der Waals surface area contributed by atoms with Crippen LogP contribution in [0.15, 0.2) is 17.1 Å². The van der Waals surface area contributed by atoms with Crippen LogP contribution in [0.5, 0.6) is 0 Å². The number of carbonyl (C=O) groups is 1. The molecule has 0 spiro atoms. The molecule has 0 saturated heterocycles. The molecule has 0 amide bonds. The van der Waals surface area contributed by atoms with Crippen LogP contribution in [0, 0.1) is 18.6 Å². The summed E-state index contributed by atoms with van der Waals surface area (Å²) < 4.78 is 46.5. The monoisotopic (exact) mass is 313 g/mol. The Balaban J connectivity index is 2.88. The highest BCUT2D eigenvalue weighted by molar-refractivity contribution is 5.94. The number of carbonyl (C=O) groups excluding carboxylic acids is 1. The summed E-state index contributed by atoms with van der Waals surface area (Å²) in [6.45, 7) is 1.70. The van der Waals surface area contributed by atoms with Gasteiger partial charge >= 0.3 is 5.97 Å². The molecule has 1 heterocycles. The second-order valence-corrected chi connectivity index (χ2v) is 4.67. The van der Waals surface area contributed by atoms with Gasteiger partial charge in [-0.15, -0.1) is 0 Å². The maximum Gasteiger partial charge on any atom is 0.343 e. The van der Waals surface area contributed by atoms with E-state index in [2.05, 4.69) is 0 Å². The Morgan fingerprint density at radius 1 is 1.36 bits per heavy atom. The van der Waals surface area contributed by atoms with Crippen LogP contribution in [-0.2, 0) is 11.3 Å². The number of esters is 1. The summed E-state index contributed by atoms with van der Waals surface area (Å²) in [5, 5.41) is -0.320. The van der Waals surface area contributed by atoms with E-state index in [4.69, 9.17) is 4.74 Å². The van der Waals surface area contributed by atoms with Crippen molar-refractivity contribution in [1.29, 1.82) is 0 Å². The molecule has 2 aromatic rings. The summed E-state index contributed by atoms with van der Waals surface area (Å²) in [6, 6.07) is 0.855. The van der Waals surface area contributed by atoms with Crippen LogP contribution < -0.4 is 5.43 Å². The van der Waals surface area contributed by atoms with E-state index in [0.29, 0.717) is 0 Å². The van der Waals surface area contributed by atoms with Gasteiger partial charge in [0.15, 0.2) is 5.82 Å². The van der Waals surface area contributed by atoms with Crippen molar-refractivity contribution in [3.8, 4) is 0 Å². The Bertz CT molecular complexity index is 799. The van der Waals surface area contributed by atoms with Crippen LogP contribution in [0.25, 0.3) is 10.9 Å². The third-order valence-electron chi connectivity index (χ3n) is 3.30. The number of fused-ring (bicyclic) bond motifs is 1. The number of hydrogen-bond donors (Lipinski definition) is 0. The van der Waals surface area contributed by atoms with E-state index in [1.165, 1.54) is 6.92 Å². The van der Waals surface area contributed by atoms with Gasteiger partial charge in [0, 0.05) is 11.8 Å². The maximum atomic E-state index is 14.3. The number of nitrogens with zero attached hydrogens (tertiary/aromatic N) is 1. The molecule has 22 heavy (non-hydrogen) atoms. The van der Waals surface area contributed by atoms with Crippen LogP contribution in [-0.4, -0.2) is 23.8 Å². The minimum absolute atomic E-state index is 0.0377. The number of rotatable bonds is 4. The average Bonchev–Trinajstić information content (AvgIpc) is 2.48. The maximum absolute atomic E-state index is 14.3. The Hall–Kier alpha value is -2.31. The fourth-order valence-electron chi connectivity index (χ4n) is 2.20. The third-order valence-corrected chi connectivity index (χ3v) is 3.30. The molecule has 0 aliphatic rings. The summed E-state index contributed by atoms with van der Waals surface area (Å²) >= 11 is 0. The van der Waals surface area contributed by atoms with E-state index in [1.807, 2.05) is 0 Å². The predicted octanol–water partition coefficient (Wildman–Crippen LogP) is 2.73. The van der Waals surface area contributed by atoms with Gasteiger partial charge in [-0.2, -0.15) is 0 Å². The van der Waals surface area contributed by atoms with E-state index < -0.39 is 29.7 Å². The first-order valence-corrected chi connectivity index (χ1v) is 6.67. The van der Waals surface area contributed by atoms with Crippen LogP contribution in [0.4, 0.5) is 13.2 Å². The van der Waals surface area contributed by atoms with Crippen LogP contribution in [0.3, 0.4) is 0 Å². The Labute approximate surface area is 124 Å². The molecule has 0 aliphatic heterocycles. The van der Waals surface area contributed by atoms with E-state index in [0.717, 1.165) is 16.8 Å². The average molecular weight is 313 g/mol. The zero-order valence-corrected chi connectivity index (χ0v) is 12.1. The lowest BCUT2D eigenvalue weighted by atomic mass is 10.1. The van der Waals surface area contributed by atoms with Crippen molar-refractivity contribution in [3.63, 3.8) is 0 Å². The molecule has 7 heteroatoms. The van der Waals surface area contributed by atoms with Crippen molar-refractivity contribution in [1.82, 2.24) is 4.57 Å². The first-order chi connectivity index (χ1) is 10.4. The highest BCUT2D eigenvalue weighted by atomic mass is 19.1. The first-order valence-electron chi connectivity index (χ1n) is 6.67. The standard InChI is InChI=1S/C15H14F3NO3/c1-3-22-15(21)10-7-19(5-4-16)13-9(14(10)20)6-11(17)8(2)12(13)18/h6-7H,3-5H2,1-2H3. The largest absolute Gasteiger partial charge is 0.462 e. The molecule has 0 aliphatic carbocycles. The van der Waals surface area contributed by atoms with E-state index in [-0.39, 0.29) is 35.2 Å². The molecular formula is C15H14F3NO3. The number of aryl methyl sites for hydroxylation is 1. The summed E-state index contributed by atoms with van der Waals surface area (Å²) in [5.74, 6) is -2.77. The lowest BCUT2D eigenvalue weighted by molar-refractivity contribution is 0.0524. The van der Waals surface area contributed by atoms with Crippen molar-refractivity contribution < 1.29 is 22.7 Å². The van der Waals surface area contributed by atoms with Gasteiger partial charge in [-0.3, -0.25) is 4.79 Å². The number of alkyl halides is 1. The van der Waals surface area contributed by atoms with Gasteiger partial charge < -0.3 is 9.30 Å². The summed E-state index contributed by atoms with van der Waals surface area (Å²) in [4.78, 5) is 24.1. The molecule has 0 fully saturated rings. The van der Waals surface area contributed by atoms with Gasteiger partial charge in [-0.05, 0) is 19.9 Å². The third kappa shape index (κ3) is 2.58. The zero-order valence-electron chi connectivity index (χ0n) is 12.1. The van der Waals surface area contributed by atoms with Crippen molar-refractivity contribution in [2.75, 3.05) is 13.3 Å². The number of halogens is 3. The summed E-state index contributed by atoms with van der Waals surface area (Å²) in [7, 11) is 0. The minimum atomic E-state index is -0.948. The number of pyridine rings is 1. The Morgan fingerprint density at radius 2 is 2.05 bits per heavy atom. The van der Waals surface area contributed by atoms with E-state index in [1.54, 1.807) is 6.92 Å². The van der Waals surface area contributed by atoms with Crippen molar-refractivity contribution in [3.05, 3.63) is 45.2 Å². The molecule has 1 aromatic heterocycles. The second kappa shape index (κ2) is 6.21. The van der Waals surface area contributed by atoms with Gasteiger partial charge in [0.05, 0.1) is 24.1 Å². The number of hydrogen-bond acceptors (Lipinski definition) is 3. The fourth-order valence-corrected chi connectivity index (χ4v) is 2.20. The molecular weight excluding hydrogens is 299 g/mol. The van der Waals surface area contributed by atoms with Gasteiger partial charge in [-0.1, -0.05) is 0 Å². The normalized spacial score (nSPS) is 11.0. The highest BCUT2D eigenvalue weighted by Crippen LogP contribution is 2.22. The number of aromatic nitrogens is 1.